The van der Waals surface area contributed by atoms with Crippen molar-refractivity contribution in [2.24, 2.45) is 0 Å². The molecular weight excluding hydrogens is 358 g/mol. The summed E-state index contributed by atoms with van der Waals surface area (Å²) in [5.74, 6) is -1.73. The second-order valence-electron chi connectivity index (χ2n) is 6.18. The van der Waals surface area contributed by atoms with Gasteiger partial charge in [-0.25, -0.2) is 17.2 Å². The van der Waals surface area contributed by atoms with Gasteiger partial charge in [-0.05, 0) is 29.3 Å². The van der Waals surface area contributed by atoms with Gasteiger partial charge in [0.2, 0.25) is 10.0 Å². The van der Waals surface area contributed by atoms with Crippen LogP contribution >= 0.6 is 0 Å². The summed E-state index contributed by atoms with van der Waals surface area (Å²) in [5, 5.41) is 1.23. The number of hydrogen-bond donors (Lipinski definition) is 0. The van der Waals surface area contributed by atoms with E-state index < -0.39 is 21.7 Å². The van der Waals surface area contributed by atoms with Crippen molar-refractivity contribution in [3.63, 3.8) is 0 Å². The van der Waals surface area contributed by atoms with E-state index in [1.54, 1.807) is 12.1 Å². The molecule has 0 radical (unpaired) electrons. The minimum Gasteiger partial charge on any atom is -0.296 e. The van der Waals surface area contributed by atoms with Gasteiger partial charge in [-0.1, -0.05) is 36.4 Å². The van der Waals surface area contributed by atoms with E-state index in [0.29, 0.717) is 38.3 Å². The van der Waals surface area contributed by atoms with Gasteiger partial charge in [-0.15, -0.1) is 0 Å². The Labute approximate surface area is 152 Å². The van der Waals surface area contributed by atoms with Crippen molar-refractivity contribution in [3.8, 4) is 0 Å². The Morgan fingerprint density at radius 3 is 2.27 bits per heavy atom. The molecule has 4 nitrogen and oxygen atoms in total. The van der Waals surface area contributed by atoms with Crippen molar-refractivity contribution in [3.05, 3.63) is 76.7 Å². The minimum absolute atomic E-state index is 0.366. The molecule has 26 heavy (non-hydrogen) atoms. The molecule has 1 heterocycles. The van der Waals surface area contributed by atoms with Crippen molar-refractivity contribution in [2.75, 3.05) is 26.2 Å². The number of halogens is 2. The lowest BCUT2D eigenvalue weighted by atomic mass is 10.2. The molecule has 0 aromatic heterocycles. The summed E-state index contributed by atoms with van der Waals surface area (Å²) in [7, 11) is -3.47. The summed E-state index contributed by atoms with van der Waals surface area (Å²) in [6, 6.07) is 13.1. The Hall–Kier alpha value is -2.09. The van der Waals surface area contributed by atoms with Gasteiger partial charge in [0.15, 0.2) is 11.6 Å². The topological polar surface area (TPSA) is 40.6 Å². The van der Waals surface area contributed by atoms with Gasteiger partial charge in [0.1, 0.15) is 0 Å². The Morgan fingerprint density at radius 1 is 0.923 bits per heavy atom. The molecular formula is C19H20F2N2O2S. The molecule has 3 rings (SSSR count). The van der Waals surface area contributed by atoms with Crippen LogP contribution in [0, 0.1) is 11.6 Å². The highest BCUT2D eigenvalue weighted by Gasteiger charge is 2.25. The molecule has 1 saturated heterocycles. The van der Waals surface area contributed by atoms with Crippen molar-refractivity contribution in [1.29, 1.82) is 0 Å². The highest BCUT2D eigenvalue weighted by Crippen LogP contribution is 2.15. The lowest BCUT2D eigenvalue weighted by Crippen LogP contribution is -2.47. The largest absolute Gasteiger partial charge is 0.296 e. The first-order chi connectivity index (χ1) is 12.4. The SMILES string of the molecule is O=S(=O)(/C=C/c1ccccc1)N1CCN(Cc2ccc(F)c(F)c2)CC1. The summed E-state index contributed by atoms with van der Waals surface area (Å²) in [6.45, 7) is 2.27. The first kappa shape index (κ1) is 18.7. The van der Waals surface area contributed by atoms with E-state index in [0.717, 1.165) is 11.6 Å². The zero-order valence-corrected chi connectivity index (χ0v) is 15.0. The Morgan fingerprint density at radius 2 is 1.62 bits per heavy atom. The van der Waals surface area contributed by atoms with Crippen molar-refractivity contribution in [2.45, 2.75) is 6.54 Å². The van der Waals surface area contributed by atoms with E-state index >= 15 is 0 Å². The second-order valence-corrected chi connectivity index (χ2v) is 8.00. The standard InChI is InChI=1S/C19H20F2N2O2S/c20-18-7-6-17(14-19(18)21)15-22-9-11-23(12-10-22)26(24,25)13-8-16-4-2-1-3-5-16/h1-8,13-14H,9-12,15H2/b13-8+. The molecule has 0 unspecified atom stereocenters. The maximum Gasteiger partial charge on any atom is 0.236 e. The molecule has 0 saturated carbocycles. The van der Waals surface area contributed by atoms with E-state index in [1.165, 1.54) is 15.8 Å². The molecule has 0 aliphatic carbocycles. The molecule has 0 spiro atoms. The predicted molar refractivity (Wildman–Crippen MR) is 97.6 cm³/mol. The quantitative estimate of drug-likeness (QED) is 0.803. The molecule has 7 heteroatoms. The fraction of sp³-hybridized carbons (Fsp3) is 0.263. The summed E-state index contributed by atoms with van der Waals surface area (Å²) < 4.78 is 52.6. The maximum atomic E-state index is 13.3. The fourth-order valence-corrected chi connectivity index (χ4v) is 4.03. The molecule has 1 aliphatic rings. The number of nitrogens with zero attached hydrogens (tertiary/aromatic N) is 2. The van der Waals surface area contributed by atoms with Crippen LogP contribution in [0.2, 0.25) is 0 Å². The first-order valence-corrected chi connectivity index (χ1v) is 9.84. The second kappa shape index (κ2) is 8.07. The van der Waals surface area contributed by atoms with Gasteiger partial charge < -0.3 is 0 Å². The predicted octanol–water partition coefficient (Wildman–Crippen LogP) is 3.08. The number of hydrogen-bond acceptors (Lipinski definition) is 3. The summed E-state index contributed by atoms with van der Waals surface area (Å²) in [5.41, 5.74) is 1.50. The molecule has 1 fully saturated rings. The Kier molecular flexibility index (Phi) is 5.80. The van der Waals surface area contributed by atoms with E-state index in [9.17, 15) is 17.2 Å². The van der Waals surface area contributed by atoms with Crippen molar-refractivity contribution >= 4 is 16.1 Å². The van der Waals surface area contributed by atoms with Crippen LogP contribution in [-0.4, -0.2) is 43.8 Å². The molecule has 0 amide bonds. The molecule has 1 aliphatic heterocycles. The third-order valence-corrected chi connectivity index (χ3v) is 5.88. The third-order valence-electron chi connectivity index (χ3n) is 4.31. The molecule has 0 bridgehead atoms. The fourth-order valence-electron chi connectivity index (χ4n) is 2.85. The van der Waals surface area contributed by atoms with Crippen LogP contribution in [0.15, 0.2) is 53.9 Å². The smallest absolute Gasteiger partial charge is 0.236 e. The van der Waals surface area contributed by atoms with Crippen LogP contribution in [-0.2, 0) is 16.6 Å². The highest BCUT2D eigenvalue weighted by atomic mass is 32.2. The van der Waals surface area contributed by atoms with Crippen molar-refractivity contribution in [1.82, 2.24) is 9.21 Å². The minimum atomic E-state index is -3.47. The molecule has 0 N–H and O–H groups in total. The van der Waals surface area contributed by atoms with Crippen LogP contribution in [0.5, 0.6) is 0 Å². The first-order valence-electron chi connectivity index (χ1n) is 8.33. The highest BCUT2D eigenvalue weighted by molar-refractivity contribution is 7.92. The van der Waals surface area contributed by atoms with Gasteiger partial charge in [0.05, 0.1) is 0 Å². The molecule has 2 aromatic carbocycles. The van der Waals surface area contributed by atoms with Crippen LogP contribution in [0.4, 0.5) is 8.78 Å². The number of rotatable bonds is 5. The van der Waals surface area contributed by atoms with E-state index in [1.807, 2.05) is 35.2 Å². The van der Waals surface area contributed by atoms with Crippen LogP contribution in [0.1, 0.15) is 11.1 Å². The summed E-state index contributed by atoms with van der Waals surface area (Å²) >= 11 is 0. The Bertz CT molecular complexity index is 878. The van der Waals surface area contributed by atoms with Crippen LogP contribution in [0.3, 0.4) is 0 Å². The number of piperazine rings is 1. The maximum absolute atomic E-state index is 13.3. The van der Waals surface area contributed by atoms with Crippen molar-refractivity contribution < 1.29 is 17.2 Å². The van der Waals surface area contributed by atoms with E-state index in [2.05, 4.69) is 0 Å². The molecule has 2 aromatic rings. The van der Waals surface area contributed by atoms with Gasteiger partial charge in [0.25, 0.3) is 0 Å². The van der Waals surface area contributed by atoms with Gasteiger partial charge in [-0.2, -0.15) is 4.31 Å². The third kappa shape index (κ3) is 4.75. The van der Waals surface area contributed by atoms with Crippen LogP contribution in [0.25, 0.3) is 6.08 Å². The summed E-state index contributed by atoms with van der Waals surface area (Å²) in [4.78, 5) is 2.03. The lowest BCUT2D eigenvalue weighted by molar-refractivity contribution is 0.182. The lowest BCUT2D eigenvalue weighted by Gasteiger charge is -2.33. The van der Waals surface area contributed by atoms with Gasteiger partial charge in [0, 0.05) is 38.1 Å². The zero-order chi connectivity index (χ0) is 18.6. The summed E-state index contributed by atoms with van der Waals surface area (Å²) in [6.07, 6.45) is 1.59. The average Bonchev–Trinajstić information content (AvgIpc) is 2.65. The van der Waals surface area contributed by atoms with E-state index in [4.69, 9.17) is 0 Å². The van der Waals surface area contributed by atoms with Crippen LogP contribution < -0.4 is 0 Å². The molecule has 0 atom stereocenters. The van der Waals surface area contributed by atoms with E-state index in [-0.39, 0.29) is 0 Å². The average molecular weight is 378 g/mol. The zero-order valence-electron chi connectivity index (χ0n) is 14.2. The monoisotopic (exact) mass is 378 g/mol. The number of sulfonamides is 1. The van der Waals surface area contributed by atoms with Gasteiger partial charge in [-0.3, -0.25) is 4.90 Å². The van der Waals surface area contributed by atoms with Gasteiger partial charge >= 0.3 is 0 Å². The Balaban J connectivity index is 1.57. The normalized spacial score (nSPS) is 17.0. The number of benzene rings is 2. The molecule has 138 valence electrons.